The van der Waals surface area contributed by atoms with Crippen LogP contribution in [0.4, 0.5) is 0 Å². The molecule has 0 aliphatic heterocycles. The number of hydrogen-bond donors (Lipinski definition) is 2. The Kier molecular flexibility index (Phi) is 8.36. The van der Waals surface area contributed by atoms with Crippen molar-refractivity contribution in [3.63, 3.8) is 0 Å². The first-order valence-electron chi connectivity index (χ1n) is 10.6. The SMILES string of the molecule is CCn1ccc(C(=O)CCCCC2CCCCC2)c1CCC(C)(N)CO. The van der Waals surface area contributed by atoms with Crippen molar-refractivity contribution >= 4 is 5.78 Å². The zero-order valence-electron chi connectivity index (χ0n) is 16.8. The highest BCUT2D eigenvalue weighted by Gasteiger charge is 2.21. The summed E-state index contributed by atoms with van der Waals surface area (Å²) in [5.41, 5.74) is 7.42. The van der Waals surface area contributed by atoms with E-state index < -0.39 is 5.54 Å². The number of ketones is 1. The third-order valence-corrected chi connectivity index (χ3v) is 6.00. The van der Waals surface area contributed by atoms with Crippen molar-refractivity contribution in [2.45, 2.75) is 96.6 Å². The van der Waals surface area contributed by atoms with E-state index in [0.29, 0.717) is 12.8 Å². The summed E-state index contributed by atoms with van der Waals surface area (Å²) in [6.45, 7) is 4.77. The summed E-state index contributed by atoms with van der Waals surface area (Å²) in [5, 5.41) is 9.38. The number of Topliss-reactive ketones (excluding diaryl/α,β-unsaturated/α-hetero) is 1. The molecule has 4 heteroatoms. The Morgan fingerprint density at radius 1 is 1.31 bits per heavy atom. The number of nitrogens with zero attached hydrogens (tertiary/aromatic N) is 1. The second kappa shape index (κ2) is 10.3. The van der Waals surface area contributed by atoms with Gasteiger partial charge in [0, 0.05) is 36.0 Å². The fraction of sp³-hybridized carbons (Fsp3) is 0.773. The molecule has 1 aliphatic carbocycles. The number of carbonyl (C=O) groups excluding carboxylic acids is 1. The van der Waals surface area contributed by atoms with Crippen molar-refractivity contribution < 1.29 is 9.90 Å². The fourth-order valence-corrected chi connectivity index (χ4v) is 4.15. The number of carbonyl (C=O) groups is 1. The Balaban J connectivity index is 1.86. The summed E-state index contributed by atoms with van der Waals surface area (Å²) < 4.78 is 2.14. The van der Waals surface area contributed by atoms with E-state index in [1.165, 1.54) is 44.9 Å². The molecular formula is C22H38N2O2. The highest BCUT2D eigenvalue weighted by atomic mass is 16.3. The topological polar surface area (TPSA) is 68.2 Å². The predicted molar refractivity (Wildman–Crippen MR) is 107 cm³/mol. The van der Waals surface area contributed by atoms with Crippen LogP contribution in [0.15, 0.2) is 12.3 Å². The number of aryl methyl sites for hydroxylation is 1. The van der Waals surface area contributed by atoms with Crippen LogP contribution in [0.25, 0.3) is 0 Å². The van der Waals surface area contributed by atoms with E-state index in [0.717, 1.165) is 36.6 Å². The largest absolute Gasteiger partial charge is 0.394 e. The van der Waals surface area contributed by atoms with Gasteiger partial charge in [-0.2, -0.15) is 0 Å². The van der Waals surface area contributed by atoms with Crippen LogP contribution in [0, 0.1) is 5.92 Å². The van der Waals surface area contributed by atoms with E-state index in [-0.39, 0.29) is 12.4 Å². The Labute approximate surface area is 159 Å². The van der Waals surface area contributed by atoms with Gasteiger partial charge in [0.05, 0.1) is 6.61 Å². The van der Waals surface area contributed by atoms with Crippen LogP contribution < -0.4 is 5.73 Å². The van der Waals surface area contributed by atoms with Crippen LogP contribution in [0.1, 0.15) is 94.1 Å². The average Bonchev–Trinajstić information content (AvgIpc) is 3.07. The van der Waals surface area contributed by atoms with Crippen LogP contribution in [-0.4, -0.2) is 27.6 Å². The minimum atomic E-state index is -0.594. The molecule has 1 aromatic heterocycles. The smallest absolute Gasteiger partial charge is 0.164 e. The van der Waals surface area contributed by atoms with Crippen molar-refractivity contribution in [1.29, 1.82) is 0 Å². The Morgan fingerprint density at radius 2 is 2.04 bits per heavy atom. The molecule has 0 amide bonds. The van der Waals surface area contributed by atoms with E-state index in [2.05, 4.69) is 11.5 Å². The minimum Gasteiger partial charge on any atom is -0.394 e. The highest BCUT2D eigenvalue weighted by molar-refractivity contribution is 5.97. The Bertz CT molecular complexity index is 556. The van der Waals surface area contributed by atoms with Crippen LogP contribution in [0.3, 0.4) is 0 Å². The molecule has 1 heterocycles. The maximum Gasteiger partial charge on any atom is 0.164 e. The van der Waals surface area contributed by atoms with Crippen LogP contribution in [0.2, 0.25) is 0 Å². The number of aliphatic hydroxyl groups excluding tert-OH is 1. The summed E-state index contributed by atoms with van der Waals surface area (Å²) in [6, 6.07) is 1.97. The third kappa shape index (κ3) is 6.24. The molecule has 4 nitrogen and oxygen atoms in total. The predicted octanol–water partition coefficient (Wildman–Crippen LogP) is 4.47. The standard InChI is InChI=1S/C22H38N2O2/c1-3-24-16-14-19(20(24)13-15-22(2,23)17-25)21(26)12-8-7-11-18-9-5-4-6-10-18/h14,16,18,25H,3-13,15,17,23H2,1-2H3. The lowest BCUT2D eigenvalue weighted by Gasteiger charge is -2.22. The molecule has 1 unspecified atom stereocenters. The van der Waals surface area contributed by atoms with Gasteiger partial charge in [0.15, 0.2) is 5.78 Å². The van der Waals surface area contributed by atoms with Gasteiger partial charge < -0.3 is 15.4 Å². The van der Waals surface area contributed by atoms with Gasteiger partial charge in [0.1, 0.15) is 0 Å². The maximum absolute atomic E-state index is 12.7. The summed E-state index contributed by atoms with van der Waals surface area (Å²) in [7, 11) is 0. The second-order valence-electron chi connectivity index (χ2n) is 8.45. The molecule has 0 spiro atoms. The molecule has 0 bridgehead atoms. The van der Waals surface area contributed by atoms with Crippen molar-refractivity contribution in [1.82, 2.24) is 4.57 Å². The fourth-order valence-electron chi connectivity index (χ4n) is 4.15. The quantitative estimate of drug-likeness (QED) is 0.451. The zero-order chi connectivity index (χ0) is 19.0. The van der Waals surface area contributed by atoms with Gasteiger partial charge in [-0.1, -0.05) is 44.9 Å². The summed E-state index contributed by atoms with van der Waals surface area (Å²) in [4.78, 5) is 12.7. The number of rotatable bonds is 11. The van der Waals surface area contributed by atoms with E-state index in [1.807, 2.05) is 19.2 Å². The van der Waals surface area contributed by atoms with Gasteiger partial charge in [-0.05, 0) is 45.1 Å². The van der Waals surface area contributed by atoms with Gasteiger partial charge in [0.25, 0.3) is 0 Å². The van der Waals surface area contributed by atoms with Crippen molar-refractivity contribution in [3.05, 3.63) is 23.5 Å². The first-order valence-corrected chi connectivity index (χ1v) is 10.6. The molecule has 3 N–H and O–H groups in total. The molecule has 148 valence electrons. The molecule has 1 saturated carbocycles. The van der Waals surface area contributed by atoms with E-state index in [9.17, 15) is 9.90 Å². The first kappa shape index (κ1) is 21.2. The van der Waals surface area contributed by atoms with Gasteiger partial charge in [0.2, 0.25) is 0 Å². The average molecular weight is 363 g/mol. The molecule has 2 rings (SSSR count). The normalized spacial score (nSPS) is 18.0. The number of aliphatic hydroxyl groups is 1. The molecule has 1 aromatic rings. The third-order valence-electron chi connectivity index (χ3n) is 6.00. The van der Waals surface area contributed by atoms with E-state index in [1.54, 1.807) is 0 Å². The van der Waals surface area contributed by atoms with Crippen LogP contribution >= 0.6 is 0 Å². The van der Waals surface area contributed by atoms with Crippen molar-refractivity contribution in [3.8, 4) is 0 Å². The summed E-state index contributed by atoms with van der Waals surface area (Å²) in [5.74, 6) is 1.16. The van der Waals surface area contributed by atoms with Gasteiger partial charge in [-0.15, -0.1) is 0 Å². The zero-order valence-corrected chi connectivity index (χ0v) is 16.8. The molecule has 0 aromatic carbocycles. The number of unbranched alkanes of at least 4 members (excludes halogenated alkanes) is 1. The van der Waals surface area contributed by atoms with Crippen molar-refractivity contribution in [2.75, 3.05) is 6.61 Å². The molecule has 0 saturated heterocycles. The number of hydrogen-bond acceptors (Lipinski definition) is 3. The first-order chi connectivity index (χ1) is 12.5. The minimum absolute atomic E-state index is 0.0374. The van der Waals surface area contributed by atoms with Crippen molar-refractivity contribution in [2.24, 2.45) is 11.7 Å². The lowest BCUT2D eigenvalue weighted by Crippen LogP contribution is -2.40. The Hall–Kier alpha value is -1.13. The van der Waals surface area contributed by atoms with E-state index >= 15 is 0 Å². The summed E-state index contributed by atoms with van der Waals surface area (Å²) in [6.07, 6.45) is 14.5. The monoisotopic (exact) mass is 362 g/mol. The van der Waals surface area contributed by atoms with Crippen LogP contribution in [0.5, 0.6) is 0 Å². The van der Waals surface area contributed by atoms with Gasteiger partial charge in [-0.25, -0.2) is 0 Å². The van der Waals surface area contributed by atoms with E-state index in [4.69, 9.17) is 5.73 Å². The summed E-state index contributed by atoms with van der Waals surface area (Å²) >= 11 is 0. The van der Waals surface area contributed by atoms with Crippen LogP contribution in [-0.2, 0) is 13.0 Å². The molecule has 26 heavy (non-hydrogen) atoms. The molecule has 1 atom stereocenters. The second-order valence-corrected chi connectivity index (χ2v) is 8.45. The highest BCUT2D eigenvalue weighted by Crippen LogP contribution is 2.28. The lowest BCUT2D eigenvalue weighted by molar-refractivity contribution is 0.0977. The molecule has 1 fully saturated rings. The Morgan fingerprint density at radius 3 is 2.69 bits per heavy atom. The van der Waals surface area contributed by atoms with Gasteiger partial charge >= 0.3 is 0 Å². The molecular weight excluding hydrogens is 324 g/mol. The number of aromatic nitrogens is 1. The molecule has 1 aliphatic rings. The lowest BCUT2D eigenvalue weighted by atomic mass is 9.85. The van der Waals surface area contributed by atoms with Gasteiger partial charge in [-0.3, -0.25) is 4.79 Å². The molecule has 0 radical (unpaired) electrons. The maximum atomic E-state index is 12.7. The number of nitrogens with two attached hydrogens (primary N) is 1.